The predicted octanol–water partition coefficient (Wildman–Crippen LogP) is 3.07. The molecule has 1 aromatic heterocycles. The van der Waals surface area contributed by atoms with E-state index in [0.29, 0.717) is 0 Å². The molecule has 2 heterocycles. The topological polar surface area (TPSA) is 41.4 Å². The molecule has 1 saturated heterocycles. The number of aryl methyl sites for hydroxylation is 2. The Morgan fingerprint density at radius 1 is 1.15 bits per heavy atom. The summed E-state index contributed by atoms with van der Waals surface area (Å²) in [5, 5.41) is 4.45. The van der Waals surface area contributed by atoms with Gasteiger partial charge in [0, 0.05) is 45.5 Å². The first-order chi connectivity index (χ1) is 12.7. The minimum absolute atomic E-state index is 0.115. The second-order valence-electron chi connectivity index (χ2n) is 6.80. The average molecular weight is 352 g/mol. The van der Waals surface area contributed by atoms with Crippen LogP contribution in [0.1, 0.15) is 35.0 Å². The number of hydrogen-bond acceptors (Lipinski definition) is 3. The van der Waals surface area contributed by atoms with Gasteiger partial charge in [0.2, 0.25) is 0 Å². The number of amides is 1. The highest BCUT2D eigenvalue weighted by molar-refractivity contribution is 5.95. The van der Waals surface area contributed by atoms with Crippen LogP contribution < -0.4 is 0 Å². The molecule has 1 fully saturated rings. The first kappa shape index (κ1) is 18.4. The van der Waals surface area contributed by atoms with E-state index in [-0.39, 0.29) is 5.91 Å². The number of rotatable bonds is 6. The Kier molecular flexibility index (Phi) is 6.23. The quantitative estimate of drug-likeness (QED) is 0.802. The van der Waals surface area contributed by atoms with Crippen molar-refractivity contribution >= 4 is 12.0 Å². The molecule has 0 spiro atoms. The van der Waals surface area contributed by atoms with Crippen LogP contribution in [0.4, 0.5) is 0 Å². The normalized spacial score (nSPS) is 15.7. The smallest absolute Gasteiger partial charge is 0.257 e. The lowest BCUT2D eigenvalue weighted by atomic mass is 10.2. The van der Waals surface area contributed by atoms with E-state index in [4.69, 9.17) is 0 Å². The van der Waals surface area contributed by atoms with E-state index in [9.17, 15) is 4.79 Å². The number of piperazine rings is 1. The van der Waals surface area contributed by atoms with Crippen LogP contribution in [-0.2, 0) is 6.54 Å². The first-order valence-corrected chi connectivity index (χ1v) is 9.44. The van der Waals surface area contributed by atoms with Gasteiger partial charge in [-0.2, -0.15) is 5.10 Å². The van der Waals surface area contributed by atoms with Gasteiger partial charge in [0.25, 0.3) is 5.91 Å². The zero-order chi connectivity index (χ0) is 18.4. The Morgan fingerprint density at radius 2 is 1.88 bits per heavy atom. The van der Waals surface area contributed by atoms with Crippen LogP contribution in [0.5, 0.6) is 0 Å². The molecule has 0 bridgehead atoms. The fourth-order valence-corrected chi connectivity index (χ4v) is 3.28. The van der Waals surface area contributed by atoms with Crippen LogP contribution in [0.2, 0.25) is 0 Å². The molecule has 0 saturated carbocycles. The molecule has 1 aromatic carbocycles. The summed E-state index contributed by atoms with van der Waals surface area (Å²) in [5.74, 6) is 0.115. The molecule has 2 aromatic rings. The van der Waals surface area contributed by atoms with Crippen molar-refractivity contribution in [1.29, 1.82) is 0 Å². The molecule has 0 unspecified atom stereocenters. The van der Waals surface area contributed by atoms with Gasteiger partial charge in [0.05, 0.1) is 11.3 Å². The second-order valence-corrected chi connectivity index (χ2v) is 6.80. The Bertz CT molecular complexity index is 743. The first-order valence-electron chi connectivity index (χ1n) is 9.44. The van der Waals surface area contributed by atoms with Crippen molar-refractivity contribution in [3.8, 4) is 0 Å². The lowest BCUT2D eigenvalue weighted by molar-refractivity contribution is 0.0649. The lowest BCUT2D eigenvalue weighted by Crippen LogP contribution is -2.48. The molecule has 1 amide bonds. The molecule has 3 rings (SSSR count). The van der Waals surface area contributed by atoms with Crippen molar-refractivity contribution < 1.29 is 4.79 Å². The third-order valence-electron chi connectivity index (χ3n) is 4.76. The van der Waals surface area contributed by atoms with E-state index in [0.717, 1.165) is 56.9 Å². The van der Waals surface area contributed by atoms with Gasteiger partial charge < -0.3 is 4.90 Å². The van der Waals surface area contributed by atoms with Crippen molar-refractivity contribution in [3.05, 3.63) is 59.4 Å². The zero-order valence-corrected chi connectivity index (χ0v) is 15.8. The molecule has 1 aliphatic heterocycles. The van der Waals surface area contributed by atoms with Crippen LogP contribution in [0.25, 0.3) is 6.08 Å². The molecule has 5 nitrogen and oxygen atoms in total. The van der Waals surface area contributed by atoms with E-state index in [1.165, 1.54) is 5.56 Å². The average Bonchev–Trinajstić information content (AvgIpc) is 3.03. The Morgan fingerprint density at radius 3 is 2.58 bits per heavy atom. The molecule has 0 N–H and O–H groups in total. The van der Waals surface area contributed by atoms with Crippen LogP contribution in [0.15, 0.2) is 42.6 Å². The highest BCUT2D eigenvalue weighted by Crippen LogP contribution is 2.13. The van der Waals surface area contributed by atoms with E-state index >= 15 is 0 Å². The molecular weight excluding hydrogens is 324 g/mol. The Labute approximate surface area is 155 Å². The highest BCUT2D eigenvalue weighted by atomic mass is 16.2. The fourth-order valence-electron chi connectivity index (χ4n) is 3.28. The summed E-state index contributed by atoms with van der Waals surface area (Å²) in [5.41, 5.74) is 2.80. The molecule has 0 aliphatic carbocycles. The van der Waals surface area contributed by atoms with E-state index < -0.39 is 0 Å². The van der Waals surface area contributed by atoms with Crippen LogP contribution in [0, 0.1) is 6.92 Å². The molecule has 138 valence electrons. The minimum Gasteiger partial charge on any atom is -0.336 e. The van der Waals surface area contributed by atoms with Gasteiger partial charge in [-0.25, -0.2) is 0 Å². The largest absolute Gasteiger partial charge is 0.336 e. The molecule has 1 aliphatic rings. The van der Waals surface area contributed by atoms with Gasteiger partial charge in [-0.1, -0.05) is 49.4 Å². The number of benzene rings is 1. The minimum atomic E-state index is 0.115. The molecule has 0 atom stereocenters. The maximum atomic E-state index is 12.8. The summed E-state index contributed by atoms with van der Waals surface area (Å²) >= 11 is 0. The second kappa shape index (κ2) is 8.81. The van der Waals surface area contributed by atoms with Gasteiger partial charge in [0.15, 0.2) is 0 Å². The molecular formula is C21H28N4O. The van der Waals surface area contributed by atoms with E-state index in [1.807, 2.05) is 28.8 Å². The summed E-state index contributed by atoms with van der Waals surface area (Å²) in [6.07, 6.45) is 7.27. The molecule has 26 heavy (non-hydrogen) atoms. The predicted molar refractivity (Wildman–Crippen MR) is 105 cm³/mol. The maximum Gasteiger partial charge on any atom is 0.257 e. The van der Waals surface area contributed by atoms with Gasteiger partial charge in [0.1, 0.15) is 0 Å². The summed E-state index contributed by atoms with van der Waals surface area (Å²) < 4.78 is 1.88. The van der Waals surface area contributed by atoms with E-state index in [2.05, 4.69) is 53.3 Å². The number of aromatic nitrogens is 2. The highest BCUT2D eigenvalue weighted by Gasteiger charge is 2.24. The van der Waals surface area contributed by atoms with Crippen molar-refractivity contribution in [2.24, 2.45) is 0 Å². The van der Waals surface area contributed by atoms with Gasteiger partial charge >= 0.3 is 0 Å². The zero-order valence-electron chi connectivity index (χ0n) is 15.8. The summed E-state index contributed by atoms with van der Waals surface area (Å²) in [4.78, 5) is 17.1. The van der Waals surface area contributed by atoms with Crippen LogP contribution in [-0.4, -0.2) is 58.2 Å². The molecule has 0 radical (unpaired) electrons. The van der Waals surface area contributed by atoms with Crippen LogP contribution in [0.3, 0.4) is 0 Å². The van der Waals surface area contributed by atoms with Gasteiger partial charge in [-0.15, -0.1) is 0 Å². The van der Waals surface area contributed by atoms with Gasteiger partial charge in [-0.05, 0) is 18.9 Å². The fraction of sp³-hybridized carbons (Fsp3) is 0.429. The van der Waals surface area contributed by atoms with Crippen molar-refractivity contribution in [2.45, 2.75) is 26.8 Å². The number of hydrogen-bond donors (Lipinski definition) is 0. The third-order valence-corrected chi connectivity index (χ3v) is 4.76. The maximum absolute atomic E-state index is 12.8. The number of carbonyl (C=O) groups excluding carboxylic acids is 1. The number of carbonyl (C=O) groups is 1. The Balaban J connectivity index is 1.50. The Hall–Kier alpha value is -2.40. The van der Waals surface area contributed by atoms with Crippen molar-refractivity contribution in [3.63, 3.8) is 0 Å². The summed E-state index contributed by atoms with van der Waals surface area (Å²) in [7, 11) is 0. The number of nitrogens with zero attached hydrogens (tertiary/aromatic N) is 4. The van der Waals surface area contributed by atoms with Crippen LogP contribution >= 0.6 is 0 Å². The third kappa shape index (κ3) is 4.61. The summed E-state index contributed by atoms with van der Waals surface area (Å²) in [6, 6.07) is 10.3. The van der Waals surface area contributed by atoms with E-state index in [1.54, 1.807) is 0 Å². The standard InChI is InChI=1S/C21H28N4O/c1-3-11-25-17-20(18(2)22-25)21(26)24-15-13-23(14-16-24)12-7-10-19-8-5-4-6-9-19/h4-10,17H,3,11-16H2,1-2H3. The molecule has 5 heteroatoms. The monoisotopic (exact) mass is 352 g/mol. The SMILES string of the molecule is CCCn1cc(C(=O)N2CCN(CC=Cc3ccccc3)CC2)c(C)n1. The van der Waals surface area contributed by atoms with Gasteiger partial charge in [-0.3, -0.25) is 14.4 Å². The summed E-state index contributed by atoms with van der Waals surface area (Å²) in [6.45, 7) is 9.18. The van der Waals surface area contributed by atoms with Crippen molar-refractivity contribution in [2.75, 3.05) is 32.7 Å². The lowest BCUT2D eigenvalue weighted by Gasteiger charge is -2.34. The van der Waals surface area contributed by atoms with Crippen molar-refractivity contribution in [1.82, 2.24) is 19.6 Å².